The van der Waals surface area contributed by atoms with Crippen LogP contribution >= 0.6 is 0 Å². The first-order valence-corrected chi connectivity index (χ1v) is 8.01. The summed E-state index contributed by atoms with van der Waals surface area (Å²) in [6.45, 7) is 8.11. The van der Waals surface area contributed by atoms with E-state index in [0.29, 0.717) is 6.61 Å². The Morgan fingerprint density at radius 2 is 1.68 bits per heavy atom. The van der Waals surface area contributed by atoms with E-state index in [4.69, 9.17) is 4.74 Å². The second-order valence-corrected chi connectivity index (χ2v) is 6.31. The number of esters is 1. The lowest BCUT2D eigenvalue weighted by molar-refractivity contribution is -0.151. The standard InChI is InChI=1S/C19H23NO2/c1-4-22-19(21)18(13(2)3)20-11-16-9-14-7-5-6-8-15(14)10-17(16)12-20/h5-10,13,18H,4,11-12H2,1-3H3/t18-/m0/s1. The van der Waals surface area contributed by atoms with E-state index in [9.17, 15) is 4.79 Å². The van der Waals surface area contributed by atoms with E-state index in [0.717, 1.165) is 13.1 Å². The minimum atomic E-state index is -0.171. The predicted octanol–water partition coefficient (Wildman–Crippen LogP) is 3.74. The van der Waals surface area contributed by atoms with Crippen molar-refractivity contribution < 1.29 is 9.53 Å². The van der Waals surface area contributed by atoms with Crippen molar-refractivity contribution >= 4 is 16.7 Å². The van der Waals surface area contributed by atoms with Crippen LogP contribution in [0.3, 0.4) is 0 Å². The van der Waals surface area contributed by atoms with Crippen LogP contribution in [0.1, 0.15) is 31.9 Å². The van der Waals surface area contributed by atoms with E-state index >= 15 is 0 Å². The maximum Gasteiger partial charge on any atom is 0.323 e. The molecule has 22 heavy (non-hydrogen) atoms. The van der Waals surface area contributed by atoms with Gasteiger partial charge in [0.15, 0.2) is 0 Å². The summed E-state index contributed by atoms with van der Waals surface area (Å²) in [7, 11) is 0. The number of fused-ring (bicyclic) bond motifs is 2. The summed E-state index contributed by atoms with van der Waals surface area (Å²) in [4.78, 5) is 14.5. The Bertz CT molecular complexity index is 648. The molecule has 3 rings (SSSR count). The Morgan fingerprint density at radius 1 is 1.14 bits per heavy atom. The topological polar surface area (TPSA) is 29.5 Å². The quantitative estimate of drug-likeness (QED) is 0.805. The van der Waals surface area contributed by atoms with Gasteiger partial charge in [0.25, 0.3) is 0 Å². The van der Waals surface area contributed by atoms with Crippen LogP contribution < -0.4 is 0 Å². The first kappa shape index (κ1) is 15.0. The van der Waals surface area contributed by atoms with Gasteiger partial charge in [-0.1, -0.05) is 38.1 Å². The normalized spacial score (nSPS) is 16.0. The van der Waals surface area contributed by atoms with E-state index in [1.807, 2.05) is 6.92 Å². The molecule has 3 nitrogen and oxygen atoms in total. The van der Waals surface area contributed by atoms with Gasteiger partial charge in [-0.05, 0) is 46.9 Å². The third-order valence-corrected chi connectivity index (χ3v) is 4.37. The molecule has 0 saturated heterocycles. The molecule has 0 radical (unpaired) electrons. The van der Waals surface area contributed by atoms with Gasteiger partial charge >= 0.3 is 5.97 Å². The van der Waals surface area contributed by atoms with Crippen LogP contribution in [0.25, 0.3) is 10.8 Å². The lowest BCUT2D eigenvalue weighted by Gasteiger charge is -2.28. The number of hydrogen-bond acceptors (Lipinski definition) is 3. The minimum absolute atomic E-state index is 0.102. The van der Waals surface area contributed by atoms with Crippen LogP contribution in [0.5, 0.6) is 0 Å². The highest BCUT2D eigenvalue weighted by Gasteiger charge is 2.34. The van der Waals surface area contributed by atoms with Crippen LogP contribution in [0, 0.1) is 5.92 Å². The van der Waals surface area contributed by atoms with Crippen molar-refractivity contribution in [2.24, 2.45) is 5.92 Å². The van der Waals surface area contributed by atoms with Gasteiger partial charge in [-0.15, -0.1) is 0 Å². The number of ether oxygens (including phenoxy) is 1. The molecular weight excluding hydrogens is 274 g/mol. The summed E-state index contributed by atoms with van der Waals surface area (Å²) in [5.74, 6) is 0.137. The molecule has 0 aliphatic carbocycles. The van der Waals surface area contributed by atoms with Gasteiger partial charge < -0.3 is 4.74 Å². The van der Waals surface area contributed by atoms with Crippen LogP contribution in [0.15, 0.2) is 36.4 Å². The summed E-state index contributed by atoms with van der Waals surface area (Å²) < 4.78 is 5.27. The third kappa shape index (κ3) is 2.73. The van der Waals surface area contributed by atoms with Crippen LogP contribution in [-0.4, -0.2) is 23.5 Å². The highest BCUT2D eigenvalue weighted by atomic mass is 16.5. The molecule has 0 aromatic heterocycles. The zero-order chi connectivity index (χ0) is 15.7. The zero-order valence-corrected chi connectivity index (χ0v) is 13.5. The van der Waals surface area contributed by atoms with Crippen molar-refractivity contribution in [3.8, 4) is 0 Å². The summed E-state index contributed by atoms with van der Waals surface area (Å²) in [6, 6.07) is 12.8. The summed E-state index contributed by atoms with van der Waals surface area (Å²) >= 11 is 0. The molecule has 1 aliphatic rings. The monoisotopic (exact) mass is 297 g/mol. The van der Waals surface area contributed by atoms with Crippen LogP contribution in [0.2, 0.25) is 0 Å². The van der Waals surface area contributed by atoms with E-state index in [-0.39, 0.29) is 17.9 Å². The molecule has 0 amide bonds. The number of carbonyl (C=O) groups excluding carboxylic acids is 1. The van der Waals surface area contributed by atoms with Gasteiger partial charge in [0.2, 0.25) is 0 Å². The Morgan fingerprint density at radius 3 is 2.14 bits per heavy atom. The molecule has 0 spiro atoms. The lowest BCUT2D eigenvalue weighted by Crippen LogP contribution is -2.42. The molecule has 3 heteroatoms. The minimum Gasteiger partial charge on any atom is -0.465 e. The molecule has 1 aliphatic heterocycles. The fraction of sp³-hybridized carbons (Fsp3) is 0.421. The number of carbonyl (C=O) groups is 1. The smallest absolute Gasteiger partial charge is 0.323 e. The molecular formula is C19H23NO2. The van der Waals surface area contributed by atoms with Gasteiger partial charge in [0.05, 0.1) is 6.61 Å². The molecule has 0 saturated carbocycles. The van der Waals surface area contributed by atoms with Crippen LogP contribution in [0.4, 0.5) is 0 Å². The van der Waals surface area contributed by atoms with Gasteiger partial charge in [-0.25, -0.2) is 0 Å². The van der Waals surface area contributed by atoms with Crippen molar-refractivity contribution in [3.63, 3.8) is 0 Å². The van der Waals surface area contributed by atoms with Crippen molar-refractivity contribution in [2.45, 2.75) is 39.9 Å². The van der Waals surface area contributed by atoms with E-state index in [1.165, 1.54) is 21.9 Å². The second-order valence-electron chi connectivity index (χ2n) is 6.31. The second kappa shape index (κ2) is 6.09. The largest absolute Gasteiger partial charge is 0.465 e. The Hall–Kier alpha value is -1.87. The molecule has 0 N–H and O–H groups in total. The molecule has 0 unspecified atom stereocenters. The van der Waals surface area contributed by atoms with Gasteiger partial charge in [0.1, 0.15) is 6.04 Å². The van der Waals surface area contributed by atoms with E-state index in [1.54, 1.807) is 0 Å². The Labute approximate surface area is 131 Å². The highest BCUT2D eigenvalue weighted by molar-refractivity contribution is 5.84. The highest BCUT2D eigenvalue weighted by Crippen LogP contribution is 2.31. The van der Waals surface area contributed by atoms with Crippen molar-refractivity contribution in [2.75, 3.05) is 6.61 Å². The molecule has 2 aromatic rings. The summed E-state index contributed by atoms with van der Waals surface area (Å²) in [5.41, 5.74) is 2.65. The fourth-order valence-electron chi connectivity index (χ4n) is 3.39. The van der Waals surface area contributed by atoms with E-state index < -0.39 is 0 Å². The number of rotatable bonds is 4. The molecule has 1 heterocycles. The first-order valence-electron chi connectivity index (χ1n) is 8.01. The SMILES string of the molecule is CCOC(=O)[C@H](C(C)C)N1Cc2cc3ccccc3cc2C1. The zero-order valence-electron chi connectivity index (χ0n) is 13.5. The molecule has 0 fully saturated rings. The van der Waals surface area contributed by atoms with E-state index in [2.05, 4.69) is 55.1 Å². The predicted molar refractivity (Wildman–Crippen MR) is 88.5 cm³/mol. The lowest BCUT2D eigenvalue weighted by atomic mass is 10.0. The number of nitrogens with zero attached hydrogens (tertiary/aromatic N) is 1. The van der Waals surface area contributed by atoms with Crippen molar-refractivity contribution in [1.29, 1.82) is 0 Å². The molecule has 2 aromatic carbocycles. The maximum absolute atomic E-state index is 12.3. The van der Waals surface area contributed by atoms with Gasteiger partial charge in [-0.3, -0.25) is 9.69 Å². The van der Waals surface area contributed by atoms with Gasteiger partial charge in [-0.2, -0.15) is 0 Å². The number of benzene rings is 2. The van der Waals surface area contributed by atoms with Crippen LogP contribution in [-0.2, 0) is 22.6 Å². The van der Waals surface area contributed by atoms with Crippen molar-refractivity contribution in [1.82, 2.24) is 4.90 Å². The average molecular weight is 297 g/mol. The summed E-state index contributed by atoms with van der Waals surface area (Å²) in [5, 5.41) is 2.53. The fourth-order valence-corrected chi connectivity index (χ4v) is 3.39. The third-order valence-electron chi connectivity index (χ3n) is 4.37. The Balaban J connectivity index is 1.88. The molecule has 116 valence electrons. The molecule has 0 bridgehead atoms. The van der Waals surface area contributed by atoms with Crippen molar-refractivity contribution in [3.05, 3.63) is 47.5 Å². The number of hydrogen-bond donors (Lipinski definition) is 0. The van der Waals surface area contributed by atoms with Gasteiger partial charge in [0, 0.05) is 13.1 Å². The summed E-state index contributed by atoms with van der Waals surface area (Å²) in [6.07, 6.45) is 0. The Kier molecular flexibility index (Phi) is 4.16. The first-order chi connectivity index (χ1) is 10.6. The maximum atomic E-state index is 12.3. The average Bonchev–Trinajstić information content (AvgIpc) is 2.86. The molecule has 1 atom stereocenters.